The first-order chi connectivity index (χ1) is 14.0. The van der Waals surface area contributed by atoms with Crippen molar-refractivity contribution in [2.75, 3.05) is 0 Å². The van der Waals surface area contributed by atoms with E-state index < -0.39 is 0 Å². The van der Waals surface area contributed by atoms with Gasteiger partial charge in [-0.3, -0.25) is 0 Å². The van der Waals surface area contributed by atoms with E-state index in [0.717, 1.165) is 0 Å². The van der Waals surface area contributed by atoms with Gasteiger partial charge in [0, 0.05) is 5.16 Å². The van der Waals surface area contributed by atoms with E-state index in [1.54, 1.807) is 11.1 Å². The van der Waals surface area contributed by atoms with Gasteiger partial charge in [0.15, 0.2) is 0 Å². The van der Waals surface area contributed by atoms with E-state index in [1.165, 1.54) is 56.1 Å². The molecule has 1 unspecified atom stereocenters. The van der Waals surface area contributed by atoms with Crippen molar-refractivity contribution in [1.29, 1.82) is 0 Å². The van der Waals surface area contributed by atoms with E-state index in [0.29, 0.717) is 10.3 Å². The highest BCUT2D eigenvalue weighted by Crippen LogP contribution is 2.74. The van der Waals surface area contributed by atoms with Gasteiger partial charge in [-0.15, -0.1) is 0 Å². The fourth-order valence-corrected chi connectivity index (χ4v) is 12.0. The van der Waals surface area contributed by atoms with Gasteiger partial charge in [0.05, 0.1) is 0 Å². The molecule has 1 aliphatic rings. The predicted molar refractivity (Wildman–Crippen MR) is 140 cm³/mol. The molecule has 0 aromatic heterocycles. The first kappa shape index (κ1) is 25.4. The van der Waals surface area contributed by atoms with Crippen molar-refractivity contribution >= 4 is 13.5 Å². The van der Waals surface area contributed by atoms with Crippen LogP contribution in [0.15, 0.2) is 42.0 Å². The fourth-order valence-electron chi connectivity index (χ4n) is 6.18. The Kier molecular flexibility index (Phi) is 8.60. The molecule has 0 heterocycles. The third-order valence-corrected chi connectivity index (χ3v) is 10.5. The second-order valence-corrected chi connectivity index (χ2v) is 15.4. The summed E-state index contributed by atoms with van der Waals surface area (Å²) in [6.07, 6.45) is 13.5. The van der Waals surface area contributed by atoms with E-state index in [4.69, 9.17) is 0 Å². The molecule has 0 saturated carbocycles. The van der Waals surface area contributed by atoms with Crippen LogP contribution in [0.25, 0.3) is 5.57 Å². The summed E-state index contributed by atoms with van der Waals surface area (Å²) >= 11 is 0. The average Bonchev–Trinajstić information content (AvgIpc) is 2.61. The zero-order valence-electron chi connectivity index (χ0n) is 21.4. The highest BCUT2D eigenvalue weighted by Gasteiger charge is 2.51. The van der Waals surface area contributed by atoms with Gasteiger partial charge in [0.25, 0.3) is 0 Å². The molecule has 168 valence electrons. The summed E-state index contributed by atoms with van der Waals surface area (Å²) in [6.45, 7) is 22.0. The molecule has 1 aliphatic carbocycles. The standard InChI is InChI=1S/C29H47P/c1-10-14-23-17-19-25(20-18-23)26-24(15-11-2)16-13-22-29(26,21-12-3)30(27(4,5)6)28(7,8)9/h13,16-20H,10-12,14-15,21-22H2,1-9H3. The third kappa shape index (κ3) is 5.48. The Hall–Kier alpha value is -0.870. The summed E-state index contributed by atoms with van der Waals surface area (Å²) in [5.74, 6) is 0. The van der Waals surface area contributed by atoms with E-state index in [2.05, 4.69) is 98.7 Å². The van der Waals surface area contributed by atoms with Gasteiger partial charge >= 0.3 is 0 Å². The Morgan fingerprint density at radius 1 is 0.800 bits per heavy atom. The zero-order valence-corrected chi connectivity index (χ0v) is 22.3. The SMILES string of the molecule is CCCC1=C(c2ccc(CCC)cc2)C(CCC)(P(C(C)(C)C)C(C)(C)C)CC=C1. The van der Waals surface area contributed by atoms with Crippen LogP contribution < -0.4 is 0 Å². The molecule has 0 bridgehead atoms. The molecule has 1 aromatic carbocycles. The third-order valence-electron chi connectivity index (χ3n) is 6.29. The summed E-state index contributed by atoms with van der Waals surface area (Å²) in [5, 5.41) is 0.865. The Morgan fingerprint density at radius 3 is 1.83 bits per heavy atom. The van der Waals surface area contributed by atoms with Crippen LogP contribution in [-0.2, 0) is 6.42 Å². The number of rotatable bonds is 8. The second-order valence-electron chi connectivity index (χ2n) is 11.2. The van der Waals surface area contributed by atoms with Gasteiger partial charge in [-0.25, -0.2) is 0 Å². The van der Waals surface area contributed by atoms with Crippen LogP contribution in [0.1, 0.15) is 112 Å². The molecule has 30 heavy (non-hydrogen) atoms. The van der Waals surface area contributed by atoms with Gasteiger partial charge in [-0.2, -0.15) is 0 Å². The zero-order chi connectivity index (χ0) is 22.6. The van der Waals surface area contributed by atoms with Gasteiger partial charge < -0.3 is 0 Å². The van der Waals surface area contributed by atoms with Crippen LogP contribution >= 0.6 is 7.92 Å². The topological polar surface area (TPSA) is 0 Å². The van der Waals surface area contributed by atoms with Crippen LogP contribution in [0, 0.1) is 0 Å². The molecule has 1 aromatic rings. The normalized spacial score (nSPS) is 20.3. The molecule has 0 nitrogen and oxygen atoms in total. The number of hydrogen-bond donors (Lipinski definition) is 0. The van der Waals surface area contributed by atoms with Crippen molar-refractivity contribution < 1.29 is 0 Å². The smallest absolute Gasteiger partial charge is 0.0207 e. The molecular weight excluding hydrogens is 379 g/mol. The summed E-state index contributed by atoms with van der Waals surface area (Å²) in [5.41, 5.74) is 6.24. The first-order valence-corrected chi connectivity index (χ1v) is 13.6. The molecular formula is C29H47P. The Labute approximate surface area is 189 Å². The summed E-state index contributed by atoms with van der Waals surface area (Å²) in [6, 6.07) is 9.67. The molecule has 2 rings (SSSR count). The lowest BCUT2D eigenvalue weighted by atomic mass is 9.78. The van der Waals surface area contributed by atoms with Gasteiger partial charge in [0.2, 0.25) is 0 Å². The maximum atomic E-state index is 2.52. The van der Waals surface area contributed by atoms with E-state index in [-0.39, 0.29) is 13.1 Å². The molecule has 0 aliphatic heterocycles. The maximum Gasteiger partial charge on any atom is 0.0207 e. The van der Waals surface area contributed by atoms with Crippen molar-refractivity contribution in [3.63, 3.8) is 0 Å². The quantitative estimate of drug-likeness (QED) is 0.363. The molecule has 0 N–H and O–H groups in total. The average molecular weight is 427 g/mol. The highest BCUT2D eigenvalue weighted by molar-refractivity contribution is 7.63. The van der Waals surface area contributed by atoms with Gasteiger partial charge in [0.1, 0.15) is 0 Å². The molecule has 0 radical (unpaired) electrons. The summed E-state index contributed by atoms with van der Waals surface area (Å²) in [7, 11) is -0.275. The summed E-state index contributed by atoms with van der Waals surface area (Å²) < 4.78 is 0. The lowest BCUT2D eigenvalue weighted by molar-refractivity contribution is 0.581. The minimum absolute atomic E-state index is 0.256. The molecule has 0 amide bonds. The van der Waals surface area contributed by atoms with Crippen LogP contribution in [0.4, 0.5) is 0 Å². The Morgan fingerprint density at radius 2 is 1.37 bits per heavy atom. The number of benzene rings is 1. The van der Waals surface area contributed by atoms with E-state index >= 15 is 0 Å². The Balaban J connectivity index is 2.80. The van der Waals surface area contributed by atoms with Crippen molar-refractivity contribution in [2.45, 2.75) is 123 Å². The van der Waals surface area contributed by atoms with Crippen molar-refractivity contribution in [3.8, 4) is 0 Å². The lowest BCUT2D eigenvalue weighted by Crippen LogP contribution is -2.42. The fraction of sp³-hybridized carbons (Fsp3) is 0.655. The number of hydrogen-bond acceptors (Lipinski definition) is 0. The molecule has 0 spiro atoms. The van der Waals surface area contributed by atoms with Crippen molar-refractivity contribution in [3.05, 3.63) is 53.1 Å². The van der Waals surface area contributed by atoms with Crippen molar-refractivity contribution in [2.24, 2.45) is 0 Å². The van der Waals surface area contributed by atoms with E-state index in [1.807, 2.05) is 0 Å². The monoisotopic (exact) mass is 426 g/mol. The molecule has 0 fully saturated rings. The predicted octanol–water partition coefficient (Wildman–Crippen LogP) is 9.77. The molecule has 0 saturated heterocycles. The highest BCUT2D eigenvalue weighted by atomic mass is 31.1. The van der Waals surface area contributed by atoms with Crippen LogP contribution in [0.2, 0.25) is 0 Å². The van der Waals surface area contributed by atoms with Crippen LogP contribution in [0.3, 0.4) is 0 Å². The van der Waals surface area contributed by atoms with Crippen LogP contribution in [-0.4, -0.2) is 15.5 Å². The number of aryl methyl sites for hydroxylation is 1. The minimum atomic E-state index is -0.275. The first-order valence-electron chi connectivity index (χ1n) is 12.3. The maximum absolute atomic E-state index is 2.52. The number of allylic oxidation sites excluding steroid dienone is 4. The van der Waals surface area contributed by atoms with Crippen molar-refractivity contribution in [1.82, 2.24) is 0 Å². The molecule has 1 atom stereocenters. The minimum Gasteiger partial charge on any atom is -0.0844 e. The van der Waals surface area contributed by atoms with Gasteiger partial charge in [-0.1, -0.05) is 126 Å². The Bertz CT molecular complexity index is 722. The lowest BCUT2D eigenvalue weighted by Gasteiger charge is -2.56. The summed E-state index contributed by atoms with van der Waals surface area (Å²) in [4.78, 5) is 0. The molecule has 1 heteroatoms. The van der Waals surface area contributed by atoms with Gasteiger partial charge in [-0.05, 0) is 58.3 Å². The largest absolute Gasteiger partial charge is 0.0844 e. The second kappa shape index (κ2) is 10.2. The van der Waals surface area contributed by atoms with E-state index in [9.17, 15) is 0 Å². The van der Waals surface area contributed by atoms with Crippen LogP contribution in [0.5, 0.6) is 0 Å².